The second-order valence-corrected chi connectivity index (χ2v) is 1.86. The Morgan fingerprint density at radius 1 is 1.17 bits per heavy atom. The van der Waals surface area contributed by atoms with E-state index in [1.54, 1.807) is 0 Å². The molecule has 0 saturated heterocycles. The summed E-state index contributed by atoms with van der Waals surface area (Å²) in [5.74, 6) is 8.43. The minimum Gasteiger partial charge on any atom is -0.382 e. The van der Waals surface area contributed by atoms with Crippen molar-refractivity contribution in [3.63, 3.8) is 0 Å². The summed E-state index contributed by atoms with van der Waals surface area (Å²) >= 11 is 0. The number of imidazole rings is 1. The highest BCUT2D eigenvalue weighted by Crippen LogP contribution is 2.09. The summed E-state index contributed by atoms with van der Waals surface area (Å²) in [5, 5.41) is 0. The Bertz CT molecular complexity index is 353. The Hall–Kier alpha value is -1.73. The van der Waals surface area contributed by atoms with Crippen LogP contribution in [0.1, 0.15) is 0 Å². The number of hydrazine groups is 1. The molecule has 7 nitrogen and oxygen atoms in total. The van der Waals surface area contributed by atoms with Gasteiger partial charge in [-0.1, -0.05) is 0 Å². The van der Waals surface area contributed by atoms with Gasteiger partial charge in [0.05, 0.1) is 6.33 Å². The van der Waals surface area contributed by atoms with Crippen molar-refractivity contribution in [2.45, 2.75) is 0 Å². The maximum absolute atomic E-state index is 5.48. The van der Waals surface area contributed by atoms with E-state index in [0.29, 0.717) is 17.0 Å². The zero-order valence-corrected chi connectivity index (χ0v) is 6.23. The minimum atomic E-state index is 0.433. The van der Waals surface area contributed by atoms with Crippen molar-refractivity contribution < 1.29 is 0 Å². The Kier molecular flexibility index (Phi) is 2.51. The van der Waals surface area contributed by atoms with Gasteiger partial charge in [-0.05, 0) is 0 Å². The fourth-order valence-corrected chi connectivity index (χ4v) is 0.784. The van der Waals surface area contributed by atoms with E-state index in [9.17, 15) is 0 Å². The first-order chi connectivity index (χ1) is 5.88. The topological polar surface area (TPSA) is 133 Å². The van der Waals surface area contributed by atoms with E-state index in [4.69, 9.17) is 5.73 Å². The average molecular weight is 167 g/mol. The van der Waals surface area contributed by atoms with Crippen LogP contribution in [0.3, 0.4) is 0 Å². The number of rotatable bonds is 0. The van der Waals surface area contributed by atoms with Gasteiger partial charge >= 0.3 is 0 Å². The van der Waals surface area contributed by atoms with E-state index in [1.165, 1.54) is 12.7 Å². The number of hydrogen-bond acceptors (Lipinski definition) is 6. The van der Waals surface area contributed by atoms with Crippen molar-refractivity contribution in [2.24, 2.45) is 11.7 Å². The molecule has 0 aliphatic heterocycles. The number of nitrogen functional groups attached to an aromatic ring is 1. The SMILES string of the molecule is NN.Nc1ncnc2nc[nH]c12. The molecule has 2 heterocycles. The number of aromatic amines is 1. The molecule has 0 aliphatic rings. The van der Waals surface area contributed by atoms with Crippen LogP contribution < -0.4 is 17.4 Å². The molecule has 2 aromatic rings. The number of nitrogens with one attached hydrogen (secondary N) is 1. The molecule has 2 aromatic heterocycles. The summed E-state index contributed by atoms with van der Waals surface area (Å²) in [6.07, 6.45) is 2.92. The Morgan fingerprint density at radius 2 is 1.92 bits per heavy atom. The molecule has 12 heavy (non-hydrogen) atoms. The third-order valence-corrected chi connectivity index (χ3v) is 1.25. The van der Waals surface area contributed by atoms with Crippen molar-refractivity contribution in [1.82, 2.24) is 19.9 Å². The molecule has 64 valence electrons. The Morgan fingerprint density at radius 3 is 2.58 bits per heavy atom. The first-order valence-corrected chi connectivity index (χ1v) is 3.11. The number of nitrogens with two attached hydrogens (primary N) is 3. The fourth-order valence-electron chi connectivity index (χ4n) is 0.784. The molecule has 0 fully saturated rings. The molecule has 0 aromatic carbocycles. The predicted molar refractivity (Wildman–Crippen MR) is 44.5 cm³/mol. The lowest BCUT2D eigenvalue weighted by atomic mass is 10.5. The lowest BCUT2D eigenvalue weighted by molar-refractivity contribution is 1.21. The van der Waals surface area contributed by atoms with Crippen LogP contribution in [0.15, 0.2) is 12.7 Å². The number of fused-ring (bicyclic) bond motifs is 1. The van der Waals surface area contributed by atoms with Gasteiger partial charge in [-0.3, -0.25) is 11.7 Å². The van der Waals surface area contributed by atoms with Gasteiger partial charge in [-0.15, -0.1) is 0 Å². The van der Waals surface area contributed by atoms with Crippen LogP contribution in [0, 0.1) is 0 Å². The van der Waals surface area contributed by atoms with Gasteiger partial charge in [0.25, 0.3) is 0 Å². The number of hydrogen-bond donors (Lipinski definition) is 4. The monoisotopic (exact) mass is 167 g/mol. The Labute approximate surface area is 68.0 Å². The zero-order valence-electron chi connectivity index (χ0n) is 6.23. The third-order valence-electron chi connectivity index (χ3n) is 1.25. The van der Waals surface area contributed by atoms with Gasteiger partial charge in [0.15, 0.2) is 11.5 Å². The smallest absolute Gasteiger partial charge is 0.182 e. The zero-order chi connectivity index (χ0) is 8.97. The van der Waals surface area contributed by atoms with Crippen molar-refractivity contribution in [3.8, 4) is 0 Å². The molecule has 0 saturated carbocycles. The van der Waals surface area contributed by atoms with Crippen molar-refractivity contribution >= 4 is 17.0 Å². The predicted octanol–water partition coefficient (Wildman–Crippen LogP) is -1.25. The summed E-state index contributed by atoms with van der Waals surface area (Å²) in [5.41, 5.74) is 6.78. The second kappa shape index (κ2) is 3.60. The molecule has 0 aliphatic carbocycles. The summed E-state index contributed by atoms with van der Waals surface area (Å²) < 4.78 is 0. The highest BCUT2D eigenvalue weighted by atomic mass is 15.0. The molecular weight excluding hydrogens is 158 g/mol. The van der Waals surface area contributed by atoms with Crippen LogP contribution >= 0.6 is 0 Å². The molecular formula is C5H9N7. The van der Waals surface area contributed by atoms with E-state index in [2.05, 4.69) is 31.6 Å². The van der Waals surface area contributed by atoms with Crippen molar-refractivity contribution in [2.75, 3.05) is 5.73 Å². The number of nitrogens with zero attached hydrogens (tertiary/aromatic N) is 3. The maximum Gasteiger partial charge on any atom is 0.182 e. The Balaban J connectivity index is 0.000000336. The largest absolute Gasteiger partial charge is 0.382 e. The van der Waals surface area contributed by atoms with Gasteiger partial charge < -0.3 is 10.7 Å². The van der Waals surface area contributed by atoms with Gasteiger partial charge in [0, 0.05) is 0 Å². The van der Waals surface area contributed by atoms with Crippen LogP contribution in [-0.4, -0.2) is 19.9 Å². The number of anilines is 1. The van der Waals surface area contributed by atoms with Gasteiger partial charge in [0.2, 0.25) is 0 Å². The molecule has 0 radical (unpaired) electrons. The number of aromatic nitrogens is 4. The third kappa shape index (κ3) is 1.31. The van der Waals surface area contributed by atoms with Crippen LogP contribution in [0.25, 0.3) is 11.2 Å². The van der Waals surface area contributed by atoms with Crippen LogP contribution in [-0.2, 0) is 0 Å². The average Bonchev–Trinajstić information content (AvgIpc) is 2.57. The lowest BCUT2D eigenvalue weighted by Gasteiger charge is -1.89. The second-order valence-electron chi connectivity index (χ2n) is 1.86. The first kappa shape index (κ1) is 8.37. The molecule has 0 spiro atoms. The van der Waals surface area contributed by atoms with E-state index in [0.717, 1.165) is 0 Å². The van der Waals surface area contributed by atoms with Crippen LogP contribution in [0.4, 0.5) is 5.82 Å². The molecule has 2 rings (SSSR count). The molecule has 0 atom stereocenters. The van der Waals surface area contributed by atoms with Crippen molar-refractivity contribution in [3.05, 3.63) is 12.7 Å². The number of H-pyrrole nitrogens is 1. The standard InChI is InChI=1S/C5H5N5.H4N2/c6-4-3-5(9-1-7-3)10-2-8-4;1-2/h1-2H,(H3,6,7,8,9,10);1-2H2. The van der Waals surface area contributed by atoms with E-state index in [-0.39, 0.29) is 0 Å². The van der Waals surface area contributed by atoms with E-state index >= 15 is 0 Å². The van der Waals surface area contributed by atoms with Gasteiger partial charge in [0.1, 0.15) is 11.8 Å². The van der Waals surface area contributed by atoms with Crippen LogP contribution in [0.5, 0.6) is 0 Å². The van der Waals surface area contributed by atoms with Gasteiger partial charge in [-0.25, -0.2) is 15.0 Å². The summed E-state index contributed by atoms with van der Waals surface area (Å²) in [7, 11) is 0. The van der Waals surface area contributed by atoms with Gasteiger partial charge in [-0.2, -0.15) is 0 Å². The molecule has 0 amide bonds. The normalized spacial score (nSPS) is 9.17. The van der Waals surface area contributed by atoms with E-state index in [1.807, 2.05) is 0 Å². The summed E-state index contributed by atoms with van der Waals surface area (Å²) in [4.78, 5) is 14.4. The summed E-state index contributed by atoms with van der Waals surface area (Å²) in [6.45, 7) is 0. The first-order valence-electron chi connectivity index (χ1n) is 3.11. The molecule has 0 bridgehead atoms. The highest BCUT2D eigenvalue weighted by molar-refractivity contribution is 5.80. The molecule has 7 heteroatoms. The minimum absolute atomic E-state index is 0.433. The maximum atomic E-state index is 5.48. The lowest BCUT2D eigenvalue weighted by Crippen LogP contribution is -2.02. The highest BCUT2D eigenvalue weighted by Gasteiger charge is 1.99. The van der Waals surface area contributed by atoms with E-state index < -0.39 is 0 Å². The molecule has 7 N–H and O–H groups in total. The quantitative estimate of drug-likeness (QED) is 0.286. The molecule has 0 unspecified atom stereocenters. The van der Waals surface area contributed by atoms with Crippen molar-refractivity contribution in [1.29, 1.82) is 0 Å². The fraction of sp³-hybridized carbons (Fsp3) is 0. The summed E-state index contributed by atoms with van der Waals surface area (Å²) in [6, 6.07) is 0. The van der Waals surface area contributed by atoms with Crippen LogP contribution in [0.2, 0.25) is 0 Å².